The van der Waals surface area contributed by atoms with Crippen LogP contribution < -0.4 is 10.2 Å². The first kappa shape index (κ1) is 15.1. The summed E-state index contributed by atoms with van der Waals surface area (Å²) in [6, 6.07) is 13.6. The number of pyridine rings is 2. The number of aryl methyl sites for hydroxylation is 1. The molecule has 0 unspecified atom stereocenters. The van der Waals surface area contributed by atoms with Crippen LogP contribution in [-0.4, -0.2) is 15.2 Å². The molecular weight excluding hydrogens is 324 g/mol. The van der Waals surface area contributed by atoms with Crippen LogP contribution in [0.15, 0.2) is 53.3 Å². The minimum Gasteiger partial charge on any atom is -0.483 e. The van der Waals surface area contributed by atoms with Crippen molar-refractivity contribution in [1.29, 1.82) is 0 Å². The molecule has 1 aliphatic rings. The molecule has 0 saturated carbocycles. The van der Waals surface area contributed by atoms with Crippen LogP contribution in [0.1, 0.15) is 19.4 Å². The highest BCUT2D eigenvalue weighted by atomic mass is 16.5. The Labute approximate surface area is 150 Å². The molecule has 2 aromatic heterocycles. The van der Waals surface area contributed by atoms with Gasteiger partial charge in [0.05, 0.1) is 16.4 Å². The van der Waals surface area contributed by atoms with E-state index in [2.05, 4.69) is 0 Å². The largest absolute Gasteiger partial charge is 0.483 e. The van der Waals surface area contributed by atoms with E-state index in [1.807, 2.05) is 80.1 Å². The van der Waals surface area contributed by atoms with Gasteiger partial charge >= 0.3 is 0 Å². The summed E-state index contributed by atoms with van der Waals surface area (Å²) in [6.07, 6.45) is 4.07. The van der Waals surface area contributed by atoms with Gasteiger partial charge in [-0.05, 0) is 50.3 Å². The average molecular weight is 342 g/mol. The van der Waals surface area contributed by atoms with Gasteiger partial charge in [0.2, 0.25) is 0 Å². The van der Waals surface area contributed by atoms with Crippen molar-refractivity contribution in [3.8, 4) is 5.75 Å². The summed E-state index contributed by atoms with van der Waals surface area (Å²) in [4.78, 5) is 17.9. The molecule has 2 aromatic carbocycles. The van der Waals surface area contributed by atoms with Crippen molar-refractivity contribution >= 4 is 38.9 Å². The minimum absolute atomic E-state index is 0.00684. The summed E-state index contributed by atoms with van der Waals surface area (Å²) in [5.74, 6) is 0.792. The second kappa shape index (κ2) is 4.94. The highest BCUT2D eigenvalue weighted by Crippen LogP contribution is 2.36. The molecule has 0 aliphatic carbocycles. The molecule has 0 bridgehead atoms. The normalized spacial score (nSPS) is 15.3. The Balaban J connectivity index is 1.97. The molecule has 1 aliphatic heterocycles. The highest BCUT2D eigenvalue weighted by Gasteiger charge is 2.24. The van der Waals surface area contributed by atoms with E-state index < -0.39 is 0 Å². The number of aromatic nitrogens is 2. The van der Waals surface area contributed by atoms with Crippen LogP contribution >= 0.6 is 0 Å². The number of fused-ring (bicyclic) bond motifs is 5. The number of hydrogen-bond donors (Lipinski definition) is 0. The maximum Gasteiger partial charge on any atom is 0.198 e. The van der Waals surface area contributed by atoms with Crippen LogP contribution in [0.4, 0.5) is 0 Å². The first-order chi connectivity index (χ1) is 12.4. The average Bonchev–Trinajstić information content (AvgIpc) is 2.63. The van der Waals surface area contributed by atoms with Gasteiger partial charge in [-0.2, -0.15) is 0 Å². The van der Waals surface area contributed by atoms with Crippen molar-refractivity contribution in [3.05, 3.63) is 64.3 Å². The van der Waals surface area contributed by atoms with E-state index in [0.717, 1.165) is 27.7 Å². The summed E-state index contributed by atoms with van der Waals surface area (Å²) in [5.41, 5.74) is 3.00. The summed E-state index contributed by atoms with van der Waals surface area (Å²) < 4.78 is 8.09. The van der Waals surface area contributed by atoms with Gasteiger partial charge < -0.3 is 9.30 Å². The van der Waals surface area contributed by atoms with E-state index in [1.165, 1.54) is 0 Å². The Hall–Kier alpha value is -3.14. The maximum atomic E-state index is 13.2. The second-order valence-electron chi connectivity index (χ2n) is 7.35. The van der Waals surface area contributed by atoms with Crippen molar-refractivity contribution in [2.45, 2.75) is 19.4 Å². The lowest BCUT2D eigenvalue weighted by Gasteiger charge is -2.28. The van der Waals surface area contributed by atoms with Crippen LogP contribution in [0.2, 0.25) is 0 Å². The lowest BCUT2D eigenvalue weighted by Crippen LogP contribution is -2.28. The van der Waals surface area contributed by atoms with Gasteiger partial charge in [0.25, 0.3) is 0 Å². The van der Waals surface area contributed by atoms with Crippen molar-refractivity contribution in [2.75, 3.05) is 0 Å². The molecule has 0 amide bonds. The van der Waals surface area contributed by atoms with Crippen LogP contribution in [0.3, 0.4) is 0 Å². The standard InChI is InChI=1S/C22H18N2O2/c1-22(2)11-10-14-18(26-22)9-8-15-19(14)24(3)21-16(20(15)25)12-13-6-4-5-7-17(13)23-21/h4-12H,1-3H3. The van der Waals surface area contributed by atoms with Crippen LogP contribution in [0.25, 0.3) is 38.9 Å². The third-order valence-corrected chi connectivity index (χ3v) is 5.05. The Kier molecular flexibility index (Phi) is 2.88. The van der Waals surface area contributed by atoms with Gasteiger partial charge in [-0.1, -0.05) is 18.2 Å². The van der Waals surface area contributed by atoms with Crippen molar-refractivity contribution in [3.63, 3.8) is 0 Å². The summed E-state index contributed by atoms with van der Waals surface area (Å²) in [6.45, 7) is 4.04. The molecule has 26 heavy (non-hydrogen) atoms. The number of ether oxygens (including phenoxy) is 1. The second-order valence-corrected chi connectivity index (χ2v) is 7.35. The molecule has 0 radical (unpaired) electrons. The molecule has 4 nitrogen and oxygen atoms in total. The van der Waals surface area contributed by atoms with Crippen molar-refractivity contribution < 1.29 is 4.74 Å². The molecule has 0 spiro atoms. The minimum atomic E-state index is -0.356. The van der Waals surface area contributed by atoms with Gasteiger partial charge in [-0.25, -0.2) is 4.98 Å². The fourth-order valence-electron chi connectivity index (χ4n) is 3.77. The van der Waals surface area contributed by atoms with Gasteiger partial charge in [0.15, 0.2) is 5.43 Å². The zero-order valence-electron chi connectivity index (χ0n) is 14.9. The lowest BCUT2D eigenvalue weighted by molar-refractivity contribution is 0.159. The van der Waals surface area contributed by atoms with E-state index in [0.29, 0.717) is 16.4 Å². The van der Waals surface area contributed by atoms with E-state index in [-0.39, 0.29) is 11.0 Å². The molecule has 4 aromatic rings. The van der Waals surface area contributed by atoms with Crippen molar-refractivity contribution in [1.82, 2.24) is 9.55 Å². The number of benzene rings is 2. The molecule has 0 fully saturated rings. The first-order valence-electron chi connectivity index (χ1n) is 8.68. The fraction of sp³-hybridized carbons (Fsp3) is 0.182. The maximum absolute atomic E-state index is 13.2. The van der Waals surface area contributed by atoms with Crippen LogP contribution in [0, 0.1) is 0 Å². The smallest absolute Gasteiger partial charge is 0.198 e. The molecular formula is C22H18N2O2. The monoisotopic (exact) mass is 342 g/mol. The van der Waals surface area contributed by atoms with Crippen molar-refractivity contribution in [2.24, 2.45) is 7.05 Å². The Morgan fingerprint density at radius 2 is 1.88 bits per heavy atom. The van der Waals surface area contributed by atoms with E-state index in [4.69, 9.17) is 9.72 Å². The van der Waals surface area contributed by atoms with Gasteiger partial charge in [-0.15, -0.1) is 0 Å². The lowest BCUT2D eigenvalue weighted by atomic mass is 9.99. The summed E-state index contributed by atoms with van der Waals surface area (Å²) in [5, 5.41) is 2.29. The van der Waals surface area contributed by atoms with E-state index in [1.54, 1.807) is 0 Å². The quantitative estimate of drug-likeness (QED) is 0.444. The van der Waals surface area contributed by atoms with Gasteiger partial charge in [0.1, 0.15) is 17.0 Å². The number of rotatable bonds is 0. The summed E-state index contributed by atoms with van der Waals surface area (Å²) >= 11 is 0. The van der Waals surface area contributed by atoms with Crippen LogP contribution in [-0.2, 0) is 7.05 Å². The first-order valence-corrected chi connectivity index (χ1v) is 8.68. The summed E-state index contributed by atoms with van der Waals surface area (Å²) in [7, 11) is 1.96. The highest BCUT2D eigenvalue weighted by molar-refractivity contribution is 6.01. The number of para-hydroxylation sites is 1. The topological polar surface area (TPSA) is 44.1 Å². The number of nitrogens with zero attached hydrogens (tertiary/aromatic N) is 2. The zero-order chi connectivity index (χ0) is 18.1. The van der Waals surface area contributed by atoms with Gasteiger partial charge in [0, 0.05) is 23.4 Å². The number of hydrogen-bond acceptors (Lipinski definition) is 3. The molecule has 0 atom stereocenters. The molecule has 4 heteroatoms. The third-order valence-electron chi connectivity index (χ3n) is 5.05. The molecule has 5 rings (SSSR count). The Bertz CT molecular complexity index is 1310. The van der Waals surface area contributed by atoms with Crippen LogP contribution in [0.5, 0.6) is 5.75 Å². The van der Waals surface area contributed by atoms with E-state index >= 15 is 0 Å². The zero-order valence-corrected chi connectivity index (χ0v) is 14.9. The fourth-order valence-corrected chi connectivity index (χ4v) is 3.77. The third kappa shape index (κ3) is 2.02. The molecule has 128 valence electrons. The van der Waals surface area contributed by atoms with Gasteiger partial charge in [-0.3, -0.25) is 4.79 Å². The SMILES string of the molecule is Cn1c2nc3ccccc3cc2c(=O)c2ccc3c(c21)C=CC(C)(C)O3. The Morgan fingerprint density at radius 3 is 2.73 bits per heavy atom. The predicted octanol–water partition coefficient (Wildman–Crippen LogP) is 4.42. The molecule has 3 heterocycles. The Morgan fingerprint density at radius 1 is 1.08 bits per heavy atom. The predicted molar refractivity (Wildman–Crippen MR) is 106 cm³/mol. The molecule has 0 N–H and O–H groups in total. The molecule has 0 saturated heterocycles. The van der Waals surface area contributed by atoms with E-state index in [9.17, 15) is 4.79 Å².